The molecule has 1 N–H and O–H groups in total. The molecule has 7 heteroatoms. The molecule has 0 atom stereocenters. The van der Waals surface area contributed by atoms with Crippen LogP contribution in [0.15, 0.2) is 53.7 Å². The zero-order chi connectivity index (χ0) is 21.3. The first-order valence-corrected chi connectivity index (χ1v) is 10.8. The number of rotatable bonds is 7. The van der Waals surface area contributed by atoms with Gasteiger partial charge in [0.25, 0.3) is 0 Å². The van der Waals surface area contributed by atoms with Crippen LogP contribution in [0.4, 0.5) is 5.69 Å². The van der Waals surface area contributed by atoms with Gasteiger partial charge in [-0.25, -0.2) is 0 Å². The zero-order valence-electron chi connectivity index (χ0n) is 18.4. The van der Waals surface area contributed by atoms with Gasteiger partial charge < -0.3 is 24.6 Å². The van der Waals surface area contributed by atoms with E-state index in [-0.39, 0.29) is 5.91 Å². The maximum absolute atomic E-state index is 12.7. The molecule has 1 aliphatic heterocycles. The minimum Gasteiger partial charge on any atom is -0.368 e. The van der Waals surface area contributed by atoms with Crippen LogP contribution in [0.25, 0.3) is 0 Å². The van der Waals surface area contributed by atoms with E-state index >= 15 is 0 Å². The van der Waals surface area contributed by atoms with Crippen LogP contribution in [-0.2, 0) is 18.4 Å². The van der Waals surface area contributed by atoms with Crippen molar-refractivity contribution in [1.29, 1.82) is 0 Å². The van der Waals surface area contributed by atoms with E-state index in [1.807, 2.05) is 37.3 Å². The molecule has 0 aliphatic carbocycles. The van der Waals surface area contributed by atoms with E-state index in [1.165, 1.54) is 11.4 Å². The highest BCUT2D eigenvalue weighted by Gasteiger charge is 2.21. The van der Waals surface area contributed by atoms with E-state index in [4.69, 9.17) is 0 Å². The average Bonchev–Trinajstić information content (AvgIpc) is 3.18. The lowest BCUT2D eigenvalue weighted by Crippen LogP contribution is -2.49. The quantitative estimate of drug-likeness (QED) is 0.561. The average molecular weight is 411 g/mol. The van der Waals surface area contributed by atoms with E-state index in [1.54, 1.807) is 0 Å². The smallest absolute Gasteiger partial charge is 0.224 e. The Kier molecular flexibility index (Phi) is 7.76. The van der Waals surface area contributed by atoms with E-state index < -0.39 is 0 Å². The van der Waals surface area contributed by atoms with Crippen LogP contribution in [0.1, 0.15) is 19.0 Å². The highest BCUT2D eigenvalue weighted by Crippen LogP contribution is 2.15. The number of amides is 1. The van der Waals surface area contributed by atoms with Crippen LogP contribution in [-0.4, -0.2) is 72.5 Å². The number of carbonyl (C=O) groups is 1. The summed E-state index contributed by atoms with van der Waals surface area (Å²) in [6, 6.07) is 14.6. The molecular weight excluding hydrogens is 376 g/mol. The van der Waals surface area contributed by atoms with Gasteiger partial charge in [0.1, 0.15) is 0 Å². The summed E-state index contributed by atoms with van der Waals surface area (Å²) in [7, 11) is 4.07. The number of carbonyl (C=O) groups excluding carboxylic acids is 1. The Morgan fingerprint density at radius 1 is 1.10 bits per heavy atom. The first-order valence-electron chi connectivity index (χ1n) is 10.8. The van der Waals surface area contributed by atoms with Gasteiger partial charge in [-0.3, -0.25) is 9.79 Å². The van der Waals surface area contributed by atoms with Crippen LogP contribution in [0.5, 0.6) is 0 Å². The third kappa shape index (κ3) is 5.78. The second kappa shape index (κ2) is 10.7. The summed E-state index contributed by atoms with van der Waals surface area (Å²) in [5.74, 6) is 1.02. The number of benzene rings is 1. The molecule has 1 aliphatic rings. The number of aliphatic imine (C=N–C) groups is 1. The second-order valence-electron chi connectivity index (χ2n) is 7.66. The maximum Gasteiger partial charge on any atom is 0.224 e. The van der Waals surface area contributed by atoms with Crippen molar-refractivity contribution in [2.75, 3.05) is 51.2 Å². The van der Waals surface area contributed by atoms with E-state index in [9.17, 15) is 4.79 Å². The summed E-state index contributed by atoms with van der Waals surface area (Å²) in [5, 5.41) is 3.33. The summed E-state index contributed by atoms with van der Waals surface area (Å²) in [5.41, 5.74) is 2.45. The van der Waals surface area contributed by atoms with Crippen molar-refractivity contribution < 1.29 is 4.79 Å². The van der Waals surface area contributed by atoms with Crippen LogP contribution in [0.3, 0.4) is 0 Å². The van der Waals surface area contributed by atoms with Crippen LogP contribution in [0.2, 0.25) is 0 Å². The molecule has 0 unspecified atom stereocenters. The minimum absolute atomic E-state index is 0.187. The largest absolute Gasteiger partial charge is 0.368 e. The number of nitrogens with zero attached hydrogens (tertiary/aromatic N) is 5. The second-order valence-corrected chi connectivity index (χ2v) is 7.66. The predicted molar refractivity (Wildman–Crippen MR) is 123 cm³/mol. The first kappa shape index (κ1) is 21.7. The van der Waals surface area contributed by atoms with Crippen LogP contribution >= 0.6 is 0 Å². The zero-order valence-corrected chi connectivity index (χ0v) is 18.4. The summed E-state index contributed by atoms with van der Waals surface area (Å²) >= 11 is 0. The Bertz CT molecular complexity index is 823. The van der Waals surface area contributed by atoms with Crippen molar-refractivity contribution in [2.24, 2.45) is 12.0 Å². The summed E-state index contributed by atoms with van der Waals surface area (Å²) in [6.45, 7) is 7.41. The Labute approximate surface area is 180 Å². The Hall–Kier alpha value is -2.96. The Balaban J connectivity index is 1.47. The summed E-state index contributed by atoms with van der Waals surface area (Å²) in [4.78, 5) is 23.7. The molecule has 1 aromatic heterocycles. The fraction of sp³-hybridized carbons (Fsp3) is 0.478. The molecule has 1 fully saturated rings. The van der Waals surface area contributed by atoms with Crippen molar-refractivity contribution in [3.05, 3.63) is 54.4 Å². The molecule has 0 saturated carbocycles. The Morgan fingerprint density at radius 3 is 2.47 bits per heavy atom. The van der Waals surface area contributed by atoms with Crippen molar-refractivity contribution in [1.82, 2.24) is 19.7 Å². The van der Waals surface area contributed by atoms with Gasteiger partial charge >= 0.3 is 0 Å². The molecule has 30 heavy (non-hydrogen) atoms. The number of hydrogen-bond donors (Lipinski definition) is 1. The van der Waals surface area contributed by atoms with Crippen LogP contribution in [0, 0.1) is 0 Å². The number of anilines is 1. The van der Waals surface area contributed by atoms with E-state index in [0.29, 0.717) is 13.0 Å². The predicted octanol–water partition coefficient (Wildman–Crippen LogP) is 2.16. The molecule has 1 amide bonds. The standard InChI is InChI=1S/C23H34N6O/c1-4-24-23(27(3)19-21-11-8-14-26(21)2)25-13-12-22(30)29-17-15-28(16-18-29)20-9-6-5-7-10-20/h5-11,14H,4,12-13,15-19H2,1-3H3,(H,24,25). The van der Waals surface area contributed by atoms with Gasteiger partial charge in [0, 0.05) is 70.8 Å². The molecule has 1 aromatic carbocycles. The van der Waals surface area contributed by atoms with Gasteiger partial charge in [-0.2, -0.15) is 0 Å². The number of aryl methyl sites for hydroxylation is 1. The highest BCUT2D eigenvalue weighted by atomic mass is 16.2. The lowest BCUT2D eigenvalue weighted by molar-refractivity contribution is -0.131. The number of hydrogen-bond acceptors (Lipinski definition) is 3. The molecule has 1 saturated heterocycles. The number of aromatic nitrogens is 1. The number of piperazine rings is 1. The van der Waals surface area contributed by atoms with Gasteiger partial charge in [0.2, 0.25) is 5.91 Å². The molecule has 162 valence electrons. The summed E-state index contributed by atoms with van der Waals surface area (Å²) < 4.78 is 2.11. The first-order chi connectivity index (χ1) is 14.6. The number of nitrogens with one attached hydrogen (secondary N) is 1. The molecule has 3 rings (SSSR count). The highest BCUT2D eigenvalue weighted by molar-refractivity contribution is 5.81. The van der Waals surface area contributed by atoms with Crippen molar-refractivity contribution >= 4 is 17.6 Å². The Morgan fingerprint density at radius 2 is 1.83 bits per heavy atom. The SMILES string of the molecule is CCNC(=NCCC(=O)N1CCN(c2ccccc2)CC1)N(C)Cc1cccn1C. The molecule has 0 radical (unpaired) electrons. The van der Waals surface area contributed by atoms with Gasteiger partial charge in [0.05, 0.1) is 13.1 Å². The molecule has 2 aromatic rings. The topological polar surface area (TPSA) is 56.1 Å². The molecule has 7 nitrogen and oxygen atoms in total. The summed E-state index contributed by atoms with van der Waals surface area (Å²) in [6.07, 6.45) is 2.49. The number of guanidine groups is 1. The monoisotopic (exact) mass is 410 g/mol. The van der Waals surface area contributed by atoms with Crippen LogP contribution < -0.4 is 10.2 Å². The van der Waals surface area contributed by atoms with Crippen molar-refractivity contribution in [3.63, 3.8) is 0 Å². The van der Waals surface area contributed by atoms with Gasteiger partial charge in [-0.15, -0.1) is 0 Å². The van der Waals surface area contributed by atoms with Crippen molar-refractivity contribution in [2.45, 2.75) is 19.9 Å². The lowest BCUT2D eigenvalue weighted by atomic mass is 10.2. The minimum atomic E-state index is 0.187. The third-order valence-electron chi connectivity index (χ3n) is 5.49. The third-order valence-corrected chi connectivity index (χ3v) is 5.49. The molecular formula is C23H34N6O. The molecule has 2 heterocycles. The fourth-order valence-electron chi connectivity index (χ4n) is 3.72. The molecule has 0 bridgehead atoms. The normalized spacial score (nSPS) is 14.7. The van der Waals surface area contributed by atoms with Gasteiger partial charge in [-0.1, -0.05) is 18.2 Å². The fourth-order valence-corrected chi connectivity index (χ4v) is 3.72. The van der Waals surface area contributed by atoms with E-state index in [2.05, 4.69) is 61.9 Å². The van der Waals surface area contributed by atoms with E-state index in [0.717, 1.165) is 45.2 Å². The van der Waals surface area contributed by atoms with Gasteiger partial charge in [-0.05, 0) is 31.2 Å². The van der Waals surface area contributed by atoms with Gasteiger partial charge in [0.15, 0.2) is 5.96 Å². The molecule has 0 spiro atoms. The maximum atomic E-state index is 12.7. The van der Waals surface area contributed by atoms with Crippen molar-refractivity contribution in [3.8, 4) is 0 Å². The lowest BCUT2D eigenvalue weighted by Gasteiger charge is -2.36. The number of para-hydroxylation sites is 1.